The Kier molecular flexibility index (Phi) is 5.89. The second-order valence-electron chi connectivity index (χ2n) is 4.61. The number of piperidine rings is 1. The zero-order valence-corrected chi connectivity index (χ0v) is 11.6. The number of rotatable bonds is 4. The van der Waals surface area contributed by atoms with Crippen molar-refractivity contribution in [3.8, 4) is 0 Å². The van der Waals surface area contributed by atoms with Crippen LogP contribution in [-0.2, 0) is 14.3 Å². The van der Waals surface area contributed by atoms with Crippen molar-refractivity contribution in [2.45, 2.75) is 40.0 Å². The Labute approximate surface area is 109 Å². The van der Waals surface area contributed by atoms with Crippen molar-refractivity contribution < 1.29 is 14.3 Å². The number of carbonyl (C=O) groups excluding carboxylic acids is 2. The van der Waals surface area contributed by atoms with Crippen LogP contribution < -0.4 is 0 Å². The van der Waals surface area contributed by atoms with Gasteiger partial charge in [-0.2, -0.15) is 0 Å². The first-order chi connectivity index (χ1) is 8.60. The molecule has 0 saturated carbocycles. The molecule has 4 heteroatoms. The number of esters is 1. The normalized spacial score (nSPS) is 17.7. The van der Waals surface area contributed by atoms with Gasteiger partial charge in [0.15, 0.2) is 0 Å². The Hall–Kier alpha value is -1.32. The highest BCUT2D eigenvalue weighted by molar-refractivity contribution is 5.93. The van der Waals surface area contributed by atoms with Gasteiger partial charge in [0.1, 0.15) is 0 Å². The molecule has 0 radical (unpaired) electrons. The van der Waals surface area contributed by atoms with Crippen LogP contribution >= 0.6 is 0 Å². The first kappa shape index (κ1) is 14.7. The van der Waals surface area contributed by atoms with Gasteiger partial charge in [-0.3, -0.25) is 9.59 Å². The maximum atomic E-state index is 12.0. The molecule has 1 rings (SSSR count). The van der Waals surface area contributed by atoms with E-state index in [9.17, 15) is 9.59 Å². The summed E-state index contributed by atoms with van der Waals surface area (Å²) in [7, 11) is 0. The van der Waals surface area contributed by atoms with Crippen LogP contribution in [0.4, 0.5) is 0 Å². The minimum Gasteiger partial charge on any atom is -0.466 e. The molecule has 0 unspecified atom stereocenters. The van der Waals surface area contributed by atoms with Crippen molar-refractivity contribution in [3.63, 3.8) is 0 Å². The number of hydrogen-bond donors (Lipinski definition) is 0. The third kappa shape index (κ3) is 3.86. The topological polar surface area (TPSA) is 46.6 Å². The van der Waals surface area contributed by atoms with Crippen LogP contribution in [0, 0.1) is 5.92 Å². The van der Waals surface area contributed by atoms with E-state index in [0.717, 1.165) is 12.0 Å². The van der Waals surface area contributed by atoms with Gasteiger partial charge in [0.2, 0.25) is 5.91 Å². The summed E-state index contributed by atoms with van der Waals surface area (Å²) in [6, 6.07) is 0. The molecule has 1 saturated heterocycles. The average molecular weight is 253 g/mol. The number of amides is 1. The highest BCUT2D eigenvalue weighted by atomic mass is 16.5. The molecule has 0 aromatic carbocycles. The van der Waals surface area contributed by atoms with E-state index >= 15 is 0 Å². The van der Waals surface area contributed by atoms with Crippen LogP contribution in [-0.4, -0.2) is 36.5 Å². The van der Waals surface area contributed by atoms with Crippen molar-refractivity contribution in [2.24, 2.45) is 5.92 Å². The molecular weight excluding hydrogens is 230 g/mol. The first-order valence-electron chi connectivity index (χ1n) is 6.72. The molecule has 1 fully saturated rings. The summed E-state index contributed by atoms with van der Waals surface area (Å²) in [6.45, 7) is 7.41. The van der Waals surface area contributed by atoms with Crippen LogP contribution in [0.1, 0.15) is 40.0 Å². The van der Waals surface area contributed by atoms with Crippen LogP contribution in [0.5, 0.6) is 0 Å². The van der Waals surface area contributed by atoms with Gasteiger partial charge in [0.25, 0.3) is 0 Å². The lowest BCUT2D eigenvalue weighted by Crippen LogP contribution is -2.41. The third-order valence-corrected chi connectivity index (χ3v) is 3.25. The summed E-state index contributed by atoms with van der Waals surface area (Å²) >= 11 is 0. The zero-order chi connectivity index (χ0) is 13.5. The van der Waals surface area contributed by atoms with Crippen molar-refractivity contribution in [2.75, 3.05) is 19.7 Å². The van der Waals surface area contributed by atoms with Crippen LogP contribution in [0.15, 0.2) is 11.6 Å². The first-order valence-corrected chi connectivity index (χ1v) is 6.72. The van der Waals surface area contributed by atoms with Crippen LogP contribution in [0.3, 0.4) is 0 Å². The predicted molar refractivity (Wildman–Crippen MR) is 70.0 cm³/mol. The summed E-state index contributed by atoms with van der Waals surface area (Å²) in [5.41, 5.74) is 0.798. The second-order valence-corrected chi connectivity index (χ2v) is 4.61. The van der Waals surface area contributed by atoms with Crippen molar-refractivity contribution in [1.82, 2.24) is 4.90 Å². The summed E-state index contributed by atoms with van der Waals surface area (Å²) in [6.07, 6.45) is 4.24. The second kappa shape index (κ2) is 7.19. The molecular formula is C14H23NO3. The van der Waals surface area contributed by atoms with E-state index in [1.165, 1.54) is 0 Å². The Morgan fingerprint density at radius 3 is 2.39 bits per heavy atom. The molecule has 18 heavy (non-hydrogen) atoms. The minimum absolute atomic E-state index is 0.0375. The maximum Gasteiger partial charge on any atom is 0.309 e. The lowest BCUT2D eigenvalue weighted by molar-refractivity contribution is -0.150. The smallest absolute Gasteiger partial charge is 0.309 e. The van der Waals surface area contributed by atoms with Crippen LogP contribution in [0.2, 0.25) is 0 Å². The zero-order valence-electron chi connectivity index (χ0n) is 11.6. The molecule has 1 aliphatic heterocycles. The fraction of sp³-hybridized carbons (Fsp3) is 0.714. The minimum atomic E-state index is -0.120. The molecule has 0 bridgehead atoms. The number of ether oxygens (including phenoxy) is 1. The Balaban J connectivity index is 2.46. The van der Waals surface area contributed by atoms with Gasteiger partial charge in [-0.25, -0.2) is 0 Å². The standard InChI is InChI=1S/C14H23NO3/c1-4-6-11(3)13(16)15-9-7-12(8-10-15)14(17)18-5-2/h6,12H,4-5,7-10H2,1-3H3/b11-6+. The summed E-state index contributed by atoms with van der Waals surface area (Å²) < 4.78 is 5.01. The van der Waals surface area contributed by atoms with Gasteiger partial charge in [-0.1, -0.05) is 13.0 Å². The fourth-order valence-electron chi connectivity index (χ4n) is 2.22. The van der Waals surface area contributed by atoms with Crippen molar-refractivity contribution >= 4 is 11.9 Å². The summed E-state index contributed by atoms with van der Waals surface area (Å²) in [5.74, 6) is -0.0611. The van der Waals surface area contributed by atoms with E-state index in [1.807, 2.05) is 31.7 Å². The Morgan fingerprint density at radius 1 is 1.28 bits per heavy atom. The van der Waals surface area contributed by atoms with Gasteiger partial charge >= 0.3 is 5.97 Å². The van der Waals surface area contributed by atoms with E-state index in [2.05, 4.69) is 0 Å². The predicted octanol–water partition coefficient (Wildman–Crippen LogP) is 2.14. The lowest BCUT2D eigenvalue weighted by atomic mass is 9.96. The number of nitrogens with zero attached hydrogens (tertiary/aromatic N) is 1. The molecule has 1 heterocycles. The number of carbonyl (C=O) groups is 2. The van der Waals surface area contributed by atoms with Gasteiger partial charge in [-0.05, 0) is 33.1 Å². The Bertz CT molecular complexity index is 328. The van der Waals surface area contributed by atoms with Gasteiger partial charge in [0.05, 0.1) is 12.5 Å². The Morgan fingerprint density at radius 2 is 1.89 bits per heavy atom. The molecule has 0 atom stereocenters. The van der Waals surface area contributed by atoms with E-state index in [-0.39, 0.29) is 17.8 Å². The van der Waals surface area contributed by atoms with Crippen molar-refractivity contribution in [3.05, 3.63) is 11.6 Å². The molecule has 0 aliphatic carbocycles. The van der Waals surface area contributed by atoms with E-state index < -0.39 is 0 Å². The molecule has 102 valence electrons. The van der Waals surface area contributed by atoms with E-state index in [4.69, 9.17) is 4.74 Å². The van der Waals surface area contributed by atoms with Crippen molar-refractivity contribution in [1.29, 1.82) is 0 Å². The maximum absolute atomic E-state index is 12.0. The average Bonchev–Trinajstić information content (AvgIpc) is 2.38. The molecule has 4 nitrogen and oxygen atoms in total. The summed E-state index contributed by atoms with van der Waals surface area (Å²) in [4.78, 5) is 25.4. The largest absolute Gasteiger partial charge is 0.466 e. The molecule has 1 amide bonds. The highest BCUT2D eigenvalue weighted by Gasteiger charge is 2.28. The third-order valence-electron chi connectivity index (χ3n) is 3.25. The molecule has 0 N–H and O–H groups in total. The van der Waals surface area contributed by atoms with Gasteiger partial charge < -0.3 is 9.64 Å². The lowest BCUT2D eigenvalue weighted by Gasteiger charge is -2.31. The quantitative estimate of drug-likeness (QED) is 0.569. The molecule has 1 aliphatic rings. The van der Waals surface area contributed by atoms with Gasteiger partial charge in [-0.15, -0.1) is 0 Å². The van der Waals surface area contributed by atoms with Crippen LogP contribution in [0.25, 0.3) is 0 Å². The number of allylic oxidation sites excluding steroid dienone is 1. The molecule has 0 aromatic rings. The summed E-state index contributed by atoms with van der Waals surface area (Å²) in [5, 5.41) is 0. The molecule has 0 spiro atoms. The molecule has 0 aromatic heterocycles. The van der Waals surface area contributed by atoms with E-state index in [0.29, 0.717) is 32.5 Å². The van der Waals surface area contributed by atoms with E-state index in [1.54, 1.807) is 0 Å². The SMILES string of the molecule is CC/C=C(\C)C(=O)N1CCC(C(=O)OCC)CC1. The fourth-order valence-corrected chi connectivity index (χ4v) is 2.22. The number of hydrogen-bond acceptors (Lipinski definition) is 3. The number of likely N-dealkylation sites (tertiary alicyclic amines) is 1. The van der Waals surface area contributed by atoms with Gasteiger partial charge in [0, 0.05) is 18.7 Å². The monoisotopic (exact) mass is 253 g/mol. The highest BCUT2D eigenvalue weighted by Crippen LogP contribution is 2.20.